The molecule has 160 valence electrons. The summed E-state index contributed by atoms with van der Waals surface area (Å²) >= 11 is 0. The van der Waals surface area contributed by atoms with Gasteiger partial charge in [0, 0.05) is 5.69 Å². The van der Waals surface area contributed by atoms with Crippen LogP contribution in [0, 0.1) is 6.92 Å². The summed E-state index contributed by atoms with van der Waals surface area (Å²) in [5.41, 5.74) is 3.59. The molecule has 0 aliphatic carbocycles. The largest absolute Gasteiger partial charge is 0.456 e. The lowest BCUT2D eigenvalue weighted by Gasteiger charge is -2.08. The van der Waals surface area contributed by atoms with Crippen LogP contribution in [0.4, 0.5) is 5.69 Å². The van der Waals surface area contributed by atoms with E-state index >= 15 is 0 Å². The molecule has 0 unspecified atom stereocenters. The second-order valence-corrected chi connectivity index (χ2v) is 9.14. The smallest absolute Gasteiger partial charge is 0.307 e. The van der Waals surface area contributed by atoms with Crippen molar-refractivity contribution < 1.29 is 22.7 Å². The number of ether oxygens (including phenoxy) is 1. The van der Waals surface area contributed by atoms with E-state index in [1.54, 1.807) is 24.3 Å². The molecule has 0 fully saturated rings. The minimum absolute atomic E-state index is 0.155. The highest BCUT2D eigenvalue weighted by Crippen LogP contribution is 2.21. The van der Waals surface area contributed by atoms with Gasteiger partial charge in [-0.2, -0.15) is 0 Å². The monoisotopic (exact) mass is 437 g/mol. The maximum absolute atomic E-state index is 12.3. The number of carbonyl (C=O) groups excluding carboxylic acids is 2. The van der Waals surface area contributed by atoms with Crippen LogP contribution in [-0.4, -0.2) is 32.7 Å². The van der Waals surface area contributed by atoms with Crippen LogP contribution in [0.2, 0.25) is 0 Å². The maximum Gasteiger partial charge on any atom is 0.307 e. The number of rotatable bonds is 8. The first-order valence-electron chi connectivity index (χ1n) is 9.74. The maximum atomic E-state index is 12.3. The van der Waals surface area contributed by atoms with Crippen molar-refractivity contribution in [3.63, 3.8) is 0 Å². The number of nitrogens with one attached hydrogen (secondary N) is 1. The second-order valence-electron chi connectivity index (χ2n) is 7.03. The Morgan fingerprint density at radius 2 is 1.45 bits per heavy atom. The van der Waals surface area contributed by atoms with E-state index in [0.29, 0.717) is 5.69 Å². The Morgan fingerprint density at radius 3 is 2.10 bits per heavy atom. The molecule has 3 aromatic carbocycles. The fourth-order valence-corrected chi connectivity index (χ4v) is 4.09. The molecule has 0 saturated carbocycles. The molecular weight excluding hydrogens is 414 g/mol. The van der Waals surface area contributed by atoms with Gasteiger partial charge >= 0.3 is 5.97 Å². The number of amides is 1. The van der Waals surface area contributed by atoms with Gasteiger partial charge in [-0.1, -0.05) is 60.2 Å². The van der Waals surface area contributed by atoms with Crippen LogP contribution in [0.15, 0.2) is 83.8 Å². The summed E-state index contributed by atoms with van der Waals surface area (Å²) in [7, 11) is -3.59. The van der Waals surface area contributed by atoms with Crippen LogP contribution in [0.1, 0.15) is 12.0 Å². The van der Waals surface area contributed by atoms with E-state index in [0.717, 1.165) is 16.7 Å². The van der Waals surface area contributed by atoms with E-state index in [2.05, 4.69) is 5.32 Å². The summed E-state index contributed by atoms with van der Waals surface area (Å²) in [5, 5.41) is 2.65. The molecule has 0 radical (unpaired) electrons. The first-order valence-corrected chi connectivity index (χ1v) is 11.4. The molecule has 0 atom stereocenters. The lowest BCUT2D eigenvalue weighted by molar-refractivity contribution is -0.146. The van der Waals surface area contributed by atoms with Gasteiger partial charge in [0.2, 0.25) is 0 Å². The van der Waals surface area contributed by atoms with Crippen LogP contribution < -0.4 is 5.32 Å². The zero-order valence-corrected chi connectivity index (χ0v) is 17.9. The summed E-state index contributed by atoms with van der Waals surface area (Å²) in [6.45, 7) is 1.38. The normalized spacial score (nSPS) is 11.0. The third-order valence-electron chi connectivity index (χ3n) is 4.60. The summed E-state index contributed by atoms with van der Waals surface area (Å²) in [6, 6.07) is 23.5. The van der Waals surface area contributed by atoms with Crippen molar-refractivity contribution in [3.05, 3.63) is 84.4 Å². The predicted octanol–water partition coefficient (Wildman–Crippen LogP) is 4.01. The highest BCUT2D eigenvalue weighted by molar-refractivity contribution is 7.91. The molecule has 0 saturated heterocycles. The molecule has 6 nitrogen and oxygen atoms in total. The molecule has 0 aromatic heterocycles. The van der Waals surface area contributed by atoms with E-state index in [9.17, 15) is 18.0 Å². The Morgan fingerprint density at radius 1 is 0.839 bits per heavy atom. The number of carbonyl (C=O) groups is 2. The Kier molecular flexibility index (Phi) is 7.20. The van der Waals surface area contributed by atoms with Crippen LogP contribution in [0.25, 0.3) is 11.1 Å². The van der Waals surface area contributed by atoms with E-state index in [1.807, 2.05) is 49.4 Å². The summed E-state index contributed by atoms with van der Waals surface area (Å²) in [5.74, 6) is -1.62. The van der Waals surface area contributed by atoms with Crippen molar-refractivity contribution in [2.45, 2.75) is 18.2 Å². The quantitative estimate of drug-likeness (QED) is 0.538. The minimum Gasteiger partial charge on any atom is -0.456 e. The minimum atomic E-state index is -3.59. The van der Waals surface area contributed by atoms with Crippen LogP contribution in [0.3, 0.4) is 0 Å². The van der Waals surface area contributed by atoms with Gasteiger partial charge in [0.05, 0.1) is 17.1 Å². The number of sulfone groups is 1. The number of aryl methyl sites for hydroxylation is 1. The van der Waals surface area contributed by atoms with Crippen molar-refractivity contribution in [1.82, 2.24) is 0 Å². The standard InChI is InChI=1S/C24H23NO5S/c1-18-7-13-22(14-8-18)31(28,29)16-15-24(27)30-17-23(26)25-21-11-9-20(10-12-21)19-5-3-2-4-6-19/h2-14H,15-17H2,1H3,(H,25,26). The number of anilines is 1. The zero-order valence-electron chi connectivity index (χ0n) is 17.1. The summed E-state index contributed by atoms with van der Waals surface area (Å²) in [4.78, 5) is 24.0. The Hall–Kier alpha value is -3.45. The molecule has 3 rings (SSSR count). The average Bonchev–Trinajstić information content (AvgIpc) is 2.78. The van der Waals surface area contributed by atoms with Gasteiger partial charge in [0.15, 0.2) is 16.4 Å². The van der Waals surface area contributed by atoms with Gasteiger partial charge in [-0.15, -0.1) is 0 Å². The predicted molar refractivity (Wildman–Crippen MR) is 119 cm³/mol. The average molecular weight is 438 g/mol. The third kappa shape index (κ3) is 6.52. The number of hydrogen-bond acceptors (Lipinski definition) is 5. The van der Waals surface area contributed by atoms with Gasteiger partial charge in [-0.05, 0) is 42.3 Å². The molecule has 1 N–H and O–H groups in total. The Balaban J connectivity index is 1.45. The van der Waals surface area contributed by atoms with Gasteiger partial charge in [0.25, 0.3) is 5.91 Å². The molecule has 31 heavy (non-hydrogen) atoms. The van der Waals surface area contributed by atoms with Crippen molar-refractivity contribution in [3.8, 4) is 11.1 Å². The first-order chi connectivity index (χ1) is 14.8. The topological polar surface area (TPSA) is 89.5 Å². The zero-order chi connectivity index (χ0) is 22.3. The van der Waals surface area contributed by atoms with Crippen molar-refractivity contribution >= 4 is 27.4 Å². The molecule has 7 heteroatoms. The number of hydrogen-bond donors (Lipinski definition) is 1. The molecule has 0 aliphatic rings. The highest BCUT2D eigenvalue weighted by Gasteiger charge is 2.17. The van der Waals surface area contributed by atoms with E-state index in [1.165, 1.54) is 12.1 Å². The lowest BCUT2D eigenvalue weighted by Crippen LogP contribution is -2.22. The van der Waals surface area contributed by atoms with Gasteiger partial charge in [-0.3, -0.25) is 9.59 Å². The summed E-state index contributed by atoms with van der Waals surface area (Å²) < 4.78 is 29.4. The highest BCUT2D eigenvalue weighted by atomic mass is 32.2. The molecule has 0 heterocycles. The second kappa shape index (κ2) is 10.0. The van der Waals surface area contributed by atoms with Crippen molar-refractivity contribution in [1.29, 1.82) is 0 Å². The first kappa shape index (κ1) is 22.2. The van der Waals surface area contributed by atoms with E-state index < -0.39 is 28.3 Å². The summed E-state index contributed by atoms with van der Waals surface area (Å²) in [6.07, 6.45) is -0.324. The molecule has 0 bridgehead atoms. The van der Waals surface area contributed by atoms with Crippen LogP contribution in [-0.2, 0) is 24.2 Å². The van der Waals surface area contributed by atoms with Crippen LogP contribution >= 0.6 is 0 Å². The Bertz CT molecular complexity index is 1140. The Labute approximate surface area is 181 Å². The van der Waals surface area contributed by atoms with Gasteiger partial charge in [-0.25, -0.2) is 8.42 Å². The van der Waals surface area contributed by atoms with Crippen LogP contribution in [0.5, 0.6) is 0 Å². The fraction of sp³-hybridized carbons (Fsp3) is 0.167. The van der Waals surface area contributed by atoms with E-state index in [-0.39, 0.29) is 17.1 Å². The molecule has 1 amide bonds. The van der Waals surface area contributed by atoms with Gasteiger partial charge in [0.1, 0.15) is 0 Å². The molecule has 0 spiro atoms. The SMILES string of the molecule is Cc1ccc(S(=O)(=O)CCC(=O)OCC(=O)Nc2ccc(-c3ccccc3)cc2)cc1. The van der Waals surface area contributed by atoms with E-state index in [4.69, 9.17) is 4.74 Å². The van der Waals surface area contributed by atoms with Crippen molar-refractivity contribution in [2.75, 3.05) is 17.7 Å². The number of benzene rings is 3. The fourth-order valence-electron chi connectivity index (χ4n) is 2.87. The molecule has 0 aliphatic heterocycles. The van der Waals surface area contributed by atoms with Crippen molar-refractivity contribution in [2.24, 2.45) is 0 Å². The van der Waals surface area contributed by atoms with Gasteiger partial charge < -0.3 is 10.1 Å². The lowest BCUT2D eigenvalue weighted by atomic mass is 10.1. The molecular formula is C24H23NO5S. The third-order valence-corrected chi connectivity index (χ3v) is 6.33. The number of esters is 1. The molecule has 3 aromatic rings.